The van der Waals surface area contributed by atoms with Crippen molar-refractivity contribution in [3.05, 3.63) is 95.1 Å². The Hall–Kier alpha value is -4.30. The molecule has 0 unspecified atom stereocenters. The number of carbonyl (C=O) groups excluding carboxylic acids is 3. The van der Waals surface area contributed by atoms with Gasteiger partial charge in [0.25, 0.3) is 11.8 Å². The molecule has 0 spiro atoms. The normalized spacial score (nSPS) is 14.6. The molecular weight excluding hydrogens is 476 g/mol. The predicted molar refractivity (Wildman–Crippen MR) is 141 cm³/mol. The molecule has 0 saturated carbocycles. The van der Waals surface area contributed by atoms with Crippen molar-refractivity contribution in [3.8, 4) is 11.5 Å². The highest BCUT2D eigenvalue weighted by atomic mass is 32.1. The number of thiocarbonyl (C=S) groups is 1. The smallest absolute Gasteiger partial charge is 0.270 e. The van der Waals surface area contributed by atoms with Crippen molar-refractivity contribution in [3.63, 3.8) is 0 Å². The predicted octanol–water partition coefficient (Wildman–Crippen LogP) is 4.70. The molecule has 2 amide bonds. The second kappa shape index (κ2) is 11.0. The maximum Gasteiger partial charge on any atom is 0.270 e. The highest BCUT2D eigenvalue weighted by molar-refractivity contribution is 7.80. The molecule has 8 heteroatoms. The fourth-order valence-corrected chi connectivity index (χ4v) is 3.93. The third kappa shape index (κ3) is 5.67. The first kappa shape index (κ1) is 24.8. The van der Waals surface area contributed by atoms with Crippen molar-refractivity contribution in [1.82, 2.24) is 5.32 Å². The van der Waals surface area contributed by atoms with Gasteiger partial charge in [-0.05, 0) is 73.6 Å². The molecule has 3 aromatic rings. The molecule has 0 radical (unpaired) electrons. The van der Waals surface area contributed by atoms with E-state index in [1.54, 1.807) is 60.7 Å². The van der Waals surface area contributed by atoms with E-state index in [1.807, 2.05) is 19.1 Å². The van der Waals surface area contributed by atoms with Crippen LogP contribution in [-0.2, 0) is 16.2 Å². The van der Waals surface area contributed by atoms with Gasteiger partial charge in [-0.2, -0.15) is 0 Å². The molecule has 182 valence electrons. The lowest BCUT2D eigenvalue weighted by Gasteiger charge is -2.29. The summed E-state index contributed by atoms with van der Waals surface area (Å²) in [7, 11) is 0. The largest absolute Gasteiger partial charge is 0.494 e. The maximum absolute atomic E-state index is 13.2. The Balaban J connectivity index is 1.50. The van der Waals surface area contributed by atoms with E-state index in [0.717, 1.165) is 5.56 Å². The summed E-state index contributed by atoms with van der Waals surface area (Å²) in [5.74, 6) is 0.116. The number of hydrogen-bond acceptors (Lipinski definition) is 6. The second-order valence-electron chi connectivity index (χ2n) is 8.00. The first-order valence-electron chi connectivity index (χ1n) is 11.3. The average molecular weight is 501 g/mol. The van der Waals surface area contributed by atoms with Gasteiger partial charge in [0, 0.05) is 11.6 Å². The Bertz CT molecular complexity index is 1360. The molecule has 7 nitrogen and oxygen atoms in total. The molecule has 0 aromatic heterocycles. The Labute approximate surface area is 214 Å². The molecule has 36 heavy (non-hydrogen) atoms. The van der Waals surface area contributed by atoms with Gasteiger partial charge in [0.2, 0.25) is 0 Å². The SMILES string of the molecule is CCOc1cccc(N2C(=O)/C(=C/c3ccc(OCc4cccc(C(C)=O)c4)cc3)C(=O)NC2=S)c1. The number of Topliss-reactive ketones (excluding diaryl/α,β-unsaturated/α-hetero) is 1. The van der Waals surface area contributed by atoms with Gasteiger partial charge in [0.1, 0.15) is 23.7 Å². The van der Waals surface area contributed by atoms with Gasteiger partial charge in [0.05, 0.1) is 12.3 Å². The van der Waals surface area contributed by atoms with Crippen molar-refractivity contribution < 1.29 is 23.9 Å². The molecule has 1 N–H and O–H groups in total. The Kier molecular flexibility index (Phi) is 7.56. The van der Waals surface area contributed by atoms with Gasteiger partial charge in [-0.25, -0.2) is 0 Å². The third-order valence-electron chi connectivity index (χ3n) is 5.42. The lowest BCUT2D eigenvalue weighted by atomic mass is 10.1. The number of nitrogens with zero attached hydrogens (tertiary/aromatic N) is 1. The summed E-state index contributed by atoms with van der Waals surface area (Å²) in [6.07, 6.45) is 1.51. The van der Waals surface area contributed by atoms with Crippen molar-refractivity contribution in [2.24, 2.45) is 0 Å². The minimum atomic E-state index is -0.562. The summed E-state index contributed by atoms with van der Waals surface area (Å²) in [5, 5.41) is 2.59. The number of anilines is 1. The van der Waals surface area contributed by atoms with Gasteiger partial charge in [-0.3, -0.25) is 24.6 Å². The van der Waals surface area contributed by atoms with Gasteiger partial charge < -0.3 is 9.47 Å². The van der Waals surface area contributed by atoms with E-state index in [2.05, 4.69) is 5.32 Å². The lowest BCUT2D eigenvalue weighted by Crippen LogP contribution is -2.54. The zero-order valence-electron chi connectivity index (χ0n) is 19.8. The Morgan fingerprint density at radius 1 is 0.972 bits per heavy atom. The number of carbonyl (C=O) groups is 3. The minimum absolute atomic E-state index is 0.00291. The summed E-state index contributed by atoms with van der Waals surface area (Å²) in [4.78, 5) is 38.7. The van der Waals surface area contributed by atoms with Gasteiger partial charge >= 0.3 is 0 Å². The quantitative estimate of drug-likeness (QED) is 0.209. The van der Waals surface area contributed by atoms with E-state index in [1.165, 1.54) is 17.9 Å². The minimum Gasteiger partial charge on any atom is -0.494 e. The Morgan fingerprint density at radius 3 is 2.44 bits per heavy atom. The number of benzene rings is 3. The maximum atomic E-state index is 13.2. The van der Waals surface area contributed by atoms with Crippen LogP contribution in [0.1, 0.15) is 35.3 Å². The van der Waals surface area contributed by atoms with Crippen LogP contribution in [0.15, 0.2) is 78.4 Å². The van der Waals surface area contributed by atoms with Crippen LogP contribution < -0.4 is 19.7 Å². The molecular formula is C28H24N2O5S. The van der Waals surface area contributed by atoms with Gasteiger partial charge in [-0.1, -0.05) is 36.4 Å². The number of ketones is 1. The highest BCUT2D eigenvalue weighted by Crippen LogP contribution is 2.26. The molecule has 1 fully saturated rings. The van der Waals surface area contributed by atoms with Crippen LogP contribution in [0.3, 0.4) is 0 Å². The molecule has 1 saturated heterocycles. The van der Waals surface area contributed by atoms with Gasteiger partial charge in [-0.15, -0.1) is 0 Å². The molecule has 3 aromatic carbocycles. The molecule has 1 aliphatic heterocycles. The number of rotatable bonds is 8. The number of nitrogens with one attached hydrogen (secondary N) is 1. The number of hydrogen-bond donors (Lipinski definition) is 1. The zero-order valence-corrected chi connectivity index (χ0v) is 20.6. The fourth-order valence-electron chi connectivity index (χ4n) is 3.64. The first-order chi connectivity index (χ1) is 17.4. The standard InChI is InChI=1S/C28H24N2O5S/c1-3-34-24-9-5-8-22(16-24)30-27(33)25(26(32)29-28(30)36)15-19-10-12-23(13-11-19)35-17-20-6-4-7-21(14-20)18(2)31/h4-16H,3,17H2,1-2H3,(H,29,32,36)/b25-15+. The summed E-state index contributed by atoms with van der Waals surface area (Å²) >= 11 is 5.27. The molecule has 1 aliphatic rings. The number of ether oxygens (including phenoxy) is 2. The van der Waals surface area contributed by atoms with E-state index in [0.29, 0.717) is 41.5 Å². The van der Waals surface area contributed by atoms with Crippen molar-refractivity contribution in [2.45, 2.75) is 20.5 Å². The summed E-state index contributed by atoms with van der Waals surface area (Å²) in [5.41, 5.74) is 2.62. The van der Waals surface area contributed by atoms with E-state index >= 15 is 0 Å². The van der Waals surface area contributed by atoms with Crippen LogP contribution in [0.25, 0.3) is 6.08 Å². The van der Waals surface area contributed by atoms with Crippen molar-refractivity contribution >= 4 is 46.7 Å². The fraction of sp³-hybridized carbons (Fsp3) is 0.143. The van der Waals surface area contributed by atoms with Crippen molar-refractivity contribution in [2.75, 3.05) is 11.5 Å². The van der Waals surface area contributed by atoms with Crippen LogP contribution in [0.2, 0.25) is 0 Å². The van der Waals surface area contributed by atoms with E-state index in [4.69, 9.17) is 21.7 Å². The topological polar surface area (TPSA) is 84.9 Å². The lowest BCUT2D eigenvalue weighted by molar-refractivity contribution is -0.122. The average Bonchev–Trinajstić information content (AvgIpc) is 2.86. The molecule has 0 atom stereocenters. The van der Waals surface area contributed by atoms with Crippen LogP contribution in [-0.4, -0.2) is 29.3 Å². The third-order valence-corrected chi connectivity index (χ3v) is 5.70. The Morgan fingerprint density at radius 2 is 1.72 bits per heavy atom. The van der Waals surface area contributed by atoms with Crippen molar-refractivity contribution in [1.29, 1.82) is 0 Å². The van der Waals surface area contributed by atoms with Crippen LogP contribution in [0.4, 0.5) is 5.69 Å². The summed E-state index contributed by atoms with van der Waals surface area (Å²) < 4.78 is 11.3. The van der Waals surface area contributed by atoms with E-state index < -0.39 is 11.8 Å². The van der Waals surface area contributed by atoms with Gasteiger partial charge in [0.15, 0.2) is 10.9 Å². The monoisotopic (exact) mass is 500 g/mol. The number of amides is 2. The second-order valence-corrected chi connectivity index (χ2v) is 8.39. The molecule has 4 rings (SSSR count). The van der Waals surface area contributed by atoms with E-state index in [9.17, 15) is 14.4 Å². The summed E-state index contributed by atoms with van der Waals surface area (Å²) in [6.45, 7) is 4.17. The van der Waals surface area contributed by atoms with E-state index in [-0.39, 0.29) is 16.5 Å². The van der Waals surface area contributed by atoms with Crippen LogP contribution >= 0.6 is 12.2 Å². The zero-order chi connectivity index (χ0) is 25.7. The highest BCUT2D eigenvalue weighted by Gasteiger charge is 2.34. The molecule has 0 aliphatic carbocycles. The molecule has 1 heterocycles. The van der Waals surface area contributed by atoms with Crippen LogP contribution in [0, 0.1) is 0 Å². The molecule has 0 bridgehead atoms. The van der Waals surface area contributed by atoms with Crippen LogP contribution in [0.5, 0.6) is 11.5 Å². The first-order valence-corrected chi connectivity index (χ1v) is 11.7. The summed E-state index contributed by atoms with van der Waals surface area (Å²) in [6, 6.07) is 21.2.